The third-order valence-corrected chi connectivity index (χ3v) is 5.22. The fourth-order valence-electron chi connectivity index (χ4n) is 3.77. The number of ketones is 1. The number of rotatable bonds is 5. The van der Waals surface area contributed by atoms with Gasteiger partial charge >= 0.3 is 0 Å². The highest BCUT2D eigenvalue weighted by Gasteiger charge is 2.46. The fraction of sp³-hybridized carbons (Fsp3) is 0.318. The van der Waals surface area contributed by atoms with Crippen LogP contribution in [0.5, 0.6) is 5.75 Å². The molecule has 1 amide bonds. The van der Waals surface area contributed by atoms with Crippen LogP contribution in [0, 0.1) is 0 Å². The molecule has 0 aliphatic carbocycles. The average Bonchev–Trinajstić information content (AvgIpc) is 3.29. The van der Waals surface area contributed by atoms with E-state index in [1.807, 2.05) is 19.1 Å². The Morgan fingerprint density at radius 2 is 2.14 bits per heavy atom. The molecule has 0 radical (unpaired) electrons. The predicted molar refractivity (Wildman–Crippen MR) is 104 cm³/mol. The minimum Gasteiger partial charge on any atom is -0.507 e. The van der Waals surface area contributed by atoms with Gasteiger partial charge in [0.05, 0.1) is 17.9 Å². The summed E-state index contributed by atoms with van der Waals surface area (Å²) in [6.45, 7) is 3.07. The van der Waals surface area contributed by atoms with Crippen LogP contribution in [-0.2, 0) is 16.0 Å². The van der Waals surface area contributed by atoms with E-state index in [-0.39, 0.29) is 11.3 Å². The van der Waals surface area contributed by atoms with E-state index in [4.69, 9.17) is 4.74 Å². The summed E-state index contributed by atoms with van der Waals surface area (Å²) in [5.41, 5.74) is 2.17. The van der Waals surface area contributed by atoms with Gasteiger partial charge in [0.2, 0.25) is 0 Å². The quantitative estimate of drug-likeness (QED) is 0.491. The number of unbranched alkanes of at least 4 members (excludes halogenated alkanes) is 1. The largest absolute Gasteiger partial charge is 0.507 e. The number of ether oxygens (including phenoxy) is 1. The van der Waals surface area contributed by atoms with Gasteiger partial charge in [-0.05, 0) is 42.3 Å². The lowest BCUT2D eigenvalue weighted by Crippen LogP contribution is -2.31. The minimum absolute atomic E-state index is 0.0960. The van der Waals surface area contributed by atoms with Gasteiger partial charge in [-0.15, -0.1) is 0 Å². The molecule has 28 heavy (non-hydrogen) atoms. The molecule has 4 rings (SSSR count). The molecule has 2 aromatic rings. The number of aliphatic hydroxyl groups excluding tert-OH is 1. The second-order valence-electron chi connectivity index (χ2n) is 7.02. The zero-order valence-corrected chi connectivity index (χ0v) is 15.7. The van der Waals surface area contributed by atoms with Gasteiger partial charge in [0.1, 0.15) is 17.6 Å². The van der Waals surface area contributed by atoms with Crippen LogP contribution in [0.3, 0.4) is 0 Å². The van der Waals surface area contributed by atoms with Crippen molar-refractivity contribution < 1.29 is 19.4 Å². The van der Waals surface area contributed by atoms with Gasteiger partial charge in [-0.25, -0.2) is 0 Å². The normalized spacial score (nSPS) is 20.3. The molecule has 6 heteroatoms. The van der Waals surface area contributed by atoms with Gasteiger partial charge in [-0.2, -0.15) is 0 Å². The number of pyridine rings is 1. The van der Waals surface area contributed by atoms with Crippen molar-refractivity contribution in [2.24, 2.45) is 0 Å². The molecular formula is C22H22N2O4. The summed E-state index contributed by atoms with van der Waals surface area (Å²) in [5, 5.41) is 11.0. The fourth-order valence-corrected chi connectivity index (χ4v) is 3.77. The number of carbonyl (C=O) groups is 2. The molecule has 144 valence electrons. The topological polar surface area (TPSA) is 79.7 Å². The molecule has 0 spiro atoms. The number of benzene rings is 1. The summed E-state index contributed by atoms with van der Waals surface area (Å²) in [7, 11) is 0. The highest BCUT2D eigenvalue weighted by molar-refractivity contribution is 6.46. The first-order valence-corrected chi connectivity index (χ1v) is 9.57. The highest BCUT2D eigenvalue weighted by Crippen LogP contribution is 2.39. The third-order valence-electron chi connectivity index (χ3n) is 5.22. The standard InChI is InChI=1S/C22H22N2O4/c1-2-3-11-24-19(16-6-4-5-10-23-16)18(21(26)22(24)27)20(25)15-7-8-17-14(13-15)9-12-28-17/h4-8,10,13,19,25H,2-3,9,11-12H2,1H3/b20-18-. The summed E-state index contributed by atoms with van der Waals surface area (Å²) < 4.78 is 5.51. The minimum atomic E-state index is -0.683. The maximum absolute atomic E-state index is 12.8. The van der Waals surface area contributed by atoms with Crippen molar-refractivity contribution in [3.05, 3.63) is 65.0 Å². The van der Waals surface area contributed by atoms with Crippen molar-refractivity contribution >= 4 is 17.4 Å². The molecular weight excluding hydrogens is 356 g/mol. The van der Waals surface area contributed by atoms with Crippen molar-refractivity contribution in [1.29, 1.82) is 0 Å². The van der Waals surface area contributed by atoms with Gasteiger partial charge in [0.15, 0.2) is 0 Å². The lowest BCUT2D eigenvalue weighted by atomic mass is 9.97. The van der Waals surface area contributed by atoms with Gasteiger partial charge in [0, 0.05) is 24.7 Å². The molecule has 0 bridgehead atoms. The molecule has 1 atom stereocenters. The first kappa shape index (κ1) is 18.2. The van der Waals surface area contributed by atoms with Crippen LogP contribution in [0.1, 0.15) is 42.6 Å². The molecule has 1 saturated heterocycles. The summed E-state index contributed by atoms with van der Waals surface area (Å²) in [5.74, 6) is -0.625. The average molecular weight is 378 g/mol. The Bertz CT molecular complexity index is 952. The smallest absolute Gasteiger partial charge is 0.295 e. The molecule has 1 aromatic heterocycles. The zero-order chi connectivity index (χ0) is 19.7. The number of aromatic nitrogens is 1. The van der Waals surface area contributed by atoms with Crippen molar-refractivity contribution in [2.75, 3.05) is 13.2 Å². The number of Topliss-reactive ketones (excluding diaryl/α,β-unsaturated/α-hetero) is 1. The monoisotopic (exact) mass is 378 g/mol. The molecule has 2 aliphatic heterocycles. The molecule has 0 saturated carbocycles. The lowest BCUT2D eigenvalue weighted by molar-refractivity contribution is -0.140. The SMILES string of the molecule is CCCCN1C(=O)C(=O)/C(=C(\O)c2ccc3c(c2)CCO3)C1c1ccccn1. The Morgan fingerprint density at radius 3 is 2.89 bits per heavy atom. The van der Waals surface area contributed by atoms with Crippen LogP contribution in [0.2, 0.25) is 0 Å². The van der Waals surface area contributed by atoms with Crippen LogP contribution in [-0.4, -0.2) is 39.8 Å². The van der Waals surface area contributed by atoms with E-state index < -0.39 is 17.7 Å². The Morgan fingerprint density at radius 1 is 1.29 bits per heavy atom. The number of nitrogens with zero attached hydrogens (tertiary/aromatic N) is 2. The van der Waals surface area contributed by atoms with E-state index in [0.717, 1.165) is 30.6 Å². The second-order valence-corrected chi connectivity index (χ2v) is 7.02. The maximum Gasteiger partial charge on any atom is 0.295 e. The lowest BCUT2D eigenvalue weighted by Gasteiger charge is -2.24. The van der Waals surface area contributed by atoms with Crippen LogP contribution < -0.4 is 4.74 Å². The number of carbonyl (C=O) groups excluding carboxylic acids is 2. The summed E-state index contributed by atoms with van der Waals surface area (Å²) in [4.78, 5) is 31.4. The number of fused-ring (bicyclic) bond motifs is 1. The number of likely N-dealkylation sites (tertiary alicyclic amines) is 1. The molecule has 2 aliphatic rings. The molecule has 1 fully saturated rings. The third kappa shape index (κ3) is 3.05. The van der Waals surface area contributed by atoms with Crippen LogP contribution in [0.4, 0.5) is 0 Å². The van der Waals surface area contributed by atoms with Gasteiger partial charge in [-0.1, -0.05) is 19.4 Å². The molecule has 1 unspecified atom stereocenters. The predicted octanol–water partition coefficient (Wildman–Crippen LogP) is 3.24. The number of hydrogen-bond donors (Lipinski definition) is 1. The molecule has 3 heterocycles. The zero-order valence-electron chi connectivity index (χ0n) is 15.7. The second kappa shape index (κ2) is 7.46. The Labute approximate surface area is 163 Å². The van der Waals surface area contributed by atoms with Gasteiger partial charge in [0.25, 0.3) is 11.7 Å². The van der Waals surface area contributed by atoms with E-state index in [1.165, 1.54) is 4.90 Å². The Balaban J connectivity index is 1.83. The number of aliphatic hydroxyl groups is 1. The van der Waals surface area contributed by atoms with E-state index >= 15 is 0 Å². The maximum atomic E-state index is 12.8. The highest BCUT2D eigenvalue weighted by atomic mass is 16.5. The van der Waals surface area contributed by atoms with Crippen molar-refractivity contribution in [3.8, 4) is 5.75 Å². The van der Waals surface area contributed by atoms with Crippen molar-refractivity contribution in [2.45, 2.75) is 32.2 Å². The van der Waals surface area contributed by atoms with E-state index in [9.17, 15) is 14.7 Å². The Kier molecular flexibility index (Phi) is 4.86. The number of amides is 1. The van der Waals surface area contributed by atoms with E-state index in [2.05, 4.69) is 4.98 Å². The van der Waals surface area contributed by atoms with Crippen LogP contribution >= 0.6 is 0 Å². The summed E-state index contributed by atoms with van der Waals surface area (Å²) in [6.07, 6.45) is 4.04. The number of hydrogen-bond acceptors (Lipinski definition) is 5. The van der Waals surface area contributed by atoms with Gasteiger partial charge < -0.3 is 14.7 Å². The van der Waals surface area contributed by atoms with Gasteiger partial charge in [-0.3, -0.25) is 14.6 Å². The van der Waals surface area contributed by atoms with Crippen LogP contribution in [0.25, 0.3) is 5.76 Å². The summed E-state index contributed by atoms with van der Waals surface area (Å²) >= 11 is 0. The molecule has 1 N–H and O–H groups in total. The van der Waals surface area contributed by atoms with E-state index in [0.29, 0.717) is 24.4 Å². The van der Waals surface area contributed by atoms with E-state index in [1.54, 1.807) is 30.5 Å². The first-order chi connectivity index (χ1) is 13.6. The van der Waals surface area contributed by atoms with Crippen LogP contribution in [0.15, 0.2) is 48.2 Å². The Hall–Kier alpha value is -3.15. The van der Waals surface area contributed by atoms with Crippen molar-refractivity contribution in [3.63, 3.8) is 0 Å². The summed E-state index contributed by atoms with van der Waals surface area (Å²) in [6, 6.07) is 10.0. The molecule has 1 aromatic carbocycles. The van der Waals surface area contributed by atoms with Crippen molar-refractivity contribution in [1.82, 2.24) is 9.88 Å². The molecule has 6 nitrogen and oxygen atoms in total. The first-order valence-electron chi connectivity index (χ1n) is 9.57.